The number of fused-ring (bicyclic) bond motifs is 2. The number of para-hydroxylation sites is 1. The highest BCUT2D eigenvalue weighted by Crippen LogP contribution is 2.45. The van der Waals surface area contributed by atoms with Gasteiger partial charge in [0, 0.05) is 22.4 Å². The summed E-state index contributed by atoms with van der Waals surface area (Å²) in [4.78, 5) is 12.3. The summed E-state index contributed by atoms with van der Waals surface area (Å²) in [6.45, 7) is 2.01. The van der Waals surface area contributed by atoms with Crippen LogP contribution in [0.5, 0.6) is 0 Å². The second-order valence-corrected chi connectivity index (χ2v) is 5.05. The van der Waals surface area contributed by atoms with Crippen molar-refractivity contribution < 1.29 is 9.53 Å². The Balaban J connectivity index is 1.99. The highest BCUT2D eigenvalue weighted by Gasteiger charge is 2.34. The fourth-order valence-corrected chi connectivity index (χ4v) is 2.90. The maximum Gasteiger partial charge on any atom is 0.260 e. The number of ether oxygens (including phenoxy) is 1. The molecule has 1 unspecified atom stereocenters. The molecule has 1 atom stereocenters. The molecule has 2 aliphatic rings. The predicted molar refractivity (Wildman–Crippen MR) is 77.8 cm³/mol. The number of nitrogens with one attached hydrogen (secondary N) is 1. The van der Waals surface area contributed by atoms with Gasteiger partial charge in [-0.05, 0) is 13.0 Å². The van der Waals surface area contributed by atoms with Crippen LogP contribution in [0, 0.1) is 0 Å². The van der Waals surface area contributed by atoms with Gasteiger partial charge >= 0.3 is 0 Å². The second kappa shape index (κ2) is 3.97. The lowest BCUT2D eigenvalue weighted by Crippen LogP contribution is -2.05. The molecule has 0 fully saturated rings. The zero-order valence-electron chi connectivity index (χ0n) is 11.0. The molecule has 1 amide bonds. The van der Waals surface area contributed by atoms with Gasteiger partial charge in [0.15, 0.2) is 0 Å². The molecule has 0 saturated carbocycles. The lowest BCUT2D eigenvalue weighted by atomic mass is 9.99. The fourth-order valence-electron chi connectivity index (χ4n) is 2.90. The molecule has 0 spiro atoms. The Morgan fingerprint density at radius 1 is 1.00 bits per heavy atom. The highest BCUT2D eigenvalue weighted by atomic mass is 16.5. The molecular formula is C17H13NO2. The maximum atomic E-state index is 12.3. The van der Waals surface area contributed by atoms with Crippen LogP contribution < -0.4 is 5.32 Å². The number of hydrogen-bond acceptors (Lipinski definition) is 2. The average molecular weight is 263 g/mol. The van der Waals surface area contributed by atoms with E-state index < -0.39 is 0 Å². The van der Waals surface area contributed by atoms with Crippen molar-refractivity contribution in [2.45, 2.75) is 13.0 Å². The number of rotatable bonds is 0. The van der Waals surface area contributed by atoms with E-state index in [0.717, 1.165) is 22.4 Å². The second-order valence-electron chi connectivity index (χ2n) is 5.05. The van der Waals surface area contributed by atoms with Gasteiger partial charge in [-0.25, -0.2) is 0 Å². The predicted octanol–water partition coefficient (Wildman–Crippen LogP) is 3.60. The van der Waals surface area contributed by atoms with E-state index in [4.69, 9.17) is 4.74 Å². The van der Waals surface area contributed by atoms with Crippen molar-refractivity contribution in [1.82, 2.24) is 0 Å². The zero-order chi connectivity index (χ0) is 13.7. The van der Waals surface area contributed by atoms with Crippen LogP contribution in [0.1, 0.15) is 29.7 Å². The van der Waals surface area contributed by atoms with Gasteiger partial charge in [-0.1, -0.05) is 42.5 Å². The molecule has 0 bridgehead atoms. The van der Waals surface area contributed by atoms with Crippen molar-refractivity contribution >= 4 is 22.9 Å². The first-order valence-electron chi connectivity index (χ1n) is 6.66. The van der Waals surface area contributed by atoms with Gasteiger partial charge in [-0.15, -0.1) is 0 Å². The molecule has 1 N–H and O–H groups in total. The summed E-state index contributed by atoms with van der Waals surface area (Å²) in [5.41, 5.74) is 4.54. The van der Waals surface area contributed by atoms with Crippen LogP contribution in [0.2, 0.25) is 0 Å². The topological polar surface area (TPSA) is 38.3 Å². The molecule has 3 heteroatoms. The first kappa shape index (κ1) is 11.3. The zero-order valence-corrected chi connectivity index (χ0v) is 11.0. The number of carbonyl (C=O) groups is 1. The Kier molecular flexibility index (Phi) is 2.24. The molecule has 20 heavy (non-hydrogen) atoms. The lowest BCUT2D eigenvalue weighted by molar-refractivity contribution is -0.110. The molecule has 2 aliphatic heterocycles. The molecular weight excluding hydrogens is 250 g/mol. The molecule has 2 aromatic carbocycles. The summed E-state index contributed by atoms with van der Waals surface area (Å²) in [5, 5.41) is 2.89. The van der Waals surface area contributed by atoms with Gasteiger partial charge in [-0.2, -0.15) is 0 Å². The van der Waals surface area contributed by atoms with Crippen LogP contribution in [-0.2, 0) is 9.53 Å². The van der Waals surface area contributed by atoms with Crippen molar-refractivity contribution in [3.8, 4) is 0 Å². The minimum absolute atomic E-state index is 0.0192. The minimum Gasteiger partial charge on any atom is -0.484 e. The van der Waals surface area contributed by atoms with E-state index in [0.29, 0.717) is 11.3 Å². The first-order chi connectivity index (χ1) is 9.75. The minimum atomic E-state index is -0.0925. The van der Waals surface area contributed by atoms with E-state index in [1.54, 1.807) is 0 Å². The van der Waals surface area contributed by atoms with Crippen LogP contribution in [-0.4, -0.2) is 5.91 Å². The molecule has 0 saturated heterocycles. The third-order valence-corrected chi connectivity index (χ3v) is 3.84. The molecule has 98 valence electrons. The first-order valence-corrected chi connectivity index (χ1v) is 6.66. The van der Waals surface area contributed by atoms with Crippen molar-refractivity contribution in [3.05, 3.63) is 65.2 Å². The summed E-state index contributed by atoms with van der Waals surface area (Å²) in [6, 6.07) is 15.7. The van der Waals surface area contributed by atoms with E-state index >= 15 is 0 Å². The third-order valence-electron chi connectivity index (χ3n) is 3.84. The van der Waals surface area contributed by atoms with Gasteiger partial charge in [0.05, 0.1) is 5.57 Å². The number of amides is 1. The van der Waals surface area contributed by atoms with Crippen LogP contribution in [0.25, 0.3) is 11.3 Å². The van der Waals surface area contributed by atoms with E-state index in [1.807, 2.05) is 55.5 Å². The van der Waals surface area contributed by atoms with E-state index in [9.17, 15) is 4.79 Å². The smallest absolute Gasteiger partial charge is 0.260 e. The quantitative estimate of drug-likeness (QED) is 0.737. The molecule has 2 heterocycles. The average Bonchev–Trinajstić information content (AvgIpc) is 2.96. The Bertz CT molecular complexity index is 761. The number of carbonyl (C=O) groups excluding carboxylic acids is 1. The van der Waals surface area contributed by atoms with Crippen LogP contribution >= 0.6 is 0 Å². The normalized spacial score (nSPS) is 23.1. The Hall–Kier alpha value is -2.55. The van der Waals surface area contributed by atoms with Crippen molar-refractivity contribution in [1.29, 1.82) is 0 Å². The largest absolute Gasteiger partial charge is 0.484 e. The summed E-state index contributed by atoms with van der Waals surface area (Å²) < 4.78 is 5.96. The molecule has 0 aromatic heterocycles. The highest BCUT2D eigenvalue weighted by molar-refractivity contribution is 6.36. The van der Waals surface area contributed by atoms with Crippen LogP contribution in [0.15, 0.2) is 48.5 Å². The van der Waals surface area contributed by atoms with Gasteiger partial charge in [-0.3, -0.25) is 4.79 Å². The van der Waals surface area contributed by atoms with Gasteiger partial charge in [0.1, 0.15) is 11.9 Å². The van der Waals surface area contributed by atoms with Crippen molar-refractivity contribution in [2.75, 3.05) is 5.32 Å². The summed E-state index contributed by atoms with van der Waals surface area (Å²) >= 11 is 0. The third kappa shape index (κ3) is 1.43. The maximum absolute atomic E-state index is 12.3. The SMILES string of the molecule is CC1OC(=C2C(=O)Nc3ccccc32)c2ccccc21. The van der Waals surface area contributed by atoms with E-state index in [2.05, 4.69) is 5.32 Å². The lowest BCUT2D eigenvalue weighted by Gasteiger charge is -2.07. The Labute approximate surface area is 116 Å². The summed E-state index contributed by atoms with van der Waals surface area (Å²) in [5.74, 6) is 0.598. The van der Waals surface area contributed by atoms with Gasteiger partial charge in [0.25, 0.3) is 5.91 Å². The van der Waals surface area contributed by atoms with Crippen molar-refractivity contribution in [3.63, 3.8) is 0 Å². The number of benzene rings is 2. The molecule has 2 aromatic rings. The van der Waals surface area contributed by atoms with Gasteiger partial charge in [0.2, 0.25) is 0 Å². The monoisotopic (exact) mass is 263 g/mol. The number of anilines is 1. The number of hydrogen-bond donors (Lipinski definition) is 1. The molecule has 0 aliphatic carbocycles. The Morgan fingerprint density at radius 3 is 2.55 bits per heavy atom. The molecule has 0 radical (unpaired) electrons. The summed E-state index contributed by atoms with van der Waals surface area (Å²) in [7, 11) is 0. The van der Waals surface area contributed by atoms with E-state index in [-0.39, 0.29) is 12.0 Å². The standard InChI is InChI=1S/C17H13NO2/c1-10-11-6-2-3-7-12(11)16(20-10)15-13-8-4-5-9-14(13)18-17(15)19/h2-10H,1H3,(H,18,19). The van der Waals surface area contributed by atoms with Crippen LogP contribution in [0.3, 0.4) is 0 Å². The molecule has 4 rings (SSSR count). The van der Waals surface area contributed by atoms with Gasteiger partial charge < -0.3 is 10.1 Å². The fraction of sp³-hybridized carbons (Fsp3) is 0.118. The van der Waals surface area contributed by atoms with Crippen LogP contribution in [0.4, 0.5) is 5.69 Å². The van der Waals surface area contributed by atoms with E-state index in [1.165, 1.54) is 0 Å². The van der Waals surface area contributed by atoms with Crippen molar-refractivity contribution in [2.24, 2.45) is 0 Å². The molecule has 3 nitrogen and oxygen atoms in total. The summed E-state index contributed by atoms with van der Waals surface area (Å²) in [6.07, 6.45) is -0.0192. The Morgan fingerprint density at radius 2 is 1.70 bits per heavy atom.